The van der Waals surface area contributed by atoms with Gasteiger partial charge in [-0.15, -0.1) is 0 Å². The summed E-state index contributed by atoms with van der Waals surface area (Å²) in [6.45, 7) is 0.463. The Kier molecular flexibility index (Phi) is 2.83. The lowest BCUT2D eigenvalue weighted by atomic mass is 10.1. The lowest BCUT2D eigenvalue weighted by molar-refractivity contribution is 0.541. The Bertz CT molecular complexity index is 544. The third-order valence-electron chi connectivity index (χ3n) is 2.97. The van der Waals surface area contributed by atoms with Gasteiger partial charge in [0.25, 0.3) is 0 Å². The van der Waals surface area contributed by atoms with Crippen LogP contribution in [0.4, 0.5) is 8.78 Å². The first kappa shape index (κ1) is 11.3. The number of benzene rings is 1. The van der Waals surface area contributed by atoms with Crippen LogP contribution in [0.15, 0.2) is 29.0 Å². The lowest BCUT2D eigenvalue weighted by Crippen LogP contribution is -2.16. The molecule has 94 valence electrons. The Morgan fingerprint density at radius 2 is 2.00 bits per heavy atom. The number of hydrogen-bond acceptors (Lipinski definition) is 3. The van der Waals surface area contributed by atoms with Gasteiger partial charge in [-0.3, -0.25) is 0 Å². The molecule has 5 heteroatoms. The van der Waals surface area contributed by atoms with Gasteiger partial charge < -0.3 is 9.73 Å². The SMILES string of the molecule is Fc1cccc(F)c1-c1ocnc1CNC1CC1. The number of oxazole rings is 1. The Hall–Kier alpha value is -1.75. The predicted octanol–water partition coefficient (Wildman–Crippen LogP) is 2.87. The molecule has 0 radical (unpaired) electrons. The summed E-state index contributed by atoms with van der Waals surface area (Å²) in [5.74, 6) is -1.11. The molecule has 0 spiro atoms. The van der Waals surface area contributed by atoms with Crippen LogP contribution in [0, 0.1) is 11.6 Å². The van der Waals surface area contributed by atoms with Crippen LogP contribution in [-0.2, 0) is 6.54 Å². The van der Waals surface area contributed by atoms with Crippen molar-refractivity contribution in [3.05, 3.63) is 41.9 Å². The summed E-state index contributed by atoms with van der Waals surface area (Å²) in [7, 11) is 0. The first-order valence-corrected chi connectivity index (χ1v) is 5.86. The Morgan fingerprint density at radius 3 is 2.67 bits per heavy atom. The quantitative estimate of drug-likeness (QED) is 0.906. The van der Waals surface area contributed by atoms with Crippen LogP contribution < -0.4 is 5.32 Å². The molecule has 1 N–H and O–H groups in total. The normalized spacial score (nSPS) is 15.0. The summed E-state index contributed by atoms with van der Waals surface area (Å²) in [5.41, 5.74) is 0.383. The van der Waals surface area contributed by atoms with E-state index in [-0.39, 0.29) is 11.3 Å². The average Bonchev–Trinajstić information content (AvgIpc) is 3.06. The van der Waals surface area contributed by atoms with Crippen molar-refractivity contribution in [3.63, 3.8) is 0 Å². The largest absolute Gasteiger partial charge is 0.443 e. The maximum Gasteiger partial charge on any atom is 0.181 e. The highest BCUT2D eigenvalue weighted by Gasteiger charge is 2.23. The minimum absolute atomic E-state index is 0.150. The second-order valence-electron chi connectivity index (χ2n) is 4.38. The summed E-state index contributed by atoms with van der Waals surface area (Å²) in [5, 5.41) is 3.24. The average molecular weight is 250 g/mol. The van der Waals surface area contributed by atoms with Gasteiger partial charge in [-0.2, -0.15) is 0 Å². The van der Waals surface area contributed by atoms with Crippen LogP contribution in [0.2, 0.25) is 0 Å². The van der Waals surface area contributed by atoms with E-state index in [4.69, 9.17) is 4.42 Å². The van der Waals surface area contributed by atoms with E-state index in [1.54, 1.807) is 0 Å². The van der Waals surface area contributed by atoms with E-state index >= 15 is 0 Å². The highest BCUT2D eigenvalue weighted by atomic mass is 19.1. The van der Waals surface area contributed by atoms with Crippen LogP contribution in [0.5, 0.6) is 0 Å². The van der Waals surface area contributed by atoms with E-state index in [2.05, 4.69) is 10.3 Å². The van der Waals surface area contributed by atoms with E-state index in [0.29, 0.717) is 18.3 Å². The summed E-state index contributed by atoms with van der Waals surface area (Å²) < 4.78 is 32.4. The highest BCUT2D eigenvalue weighted by Crippen LogP contribution is 2.29. The fraction of sp³-hybridized carbons (Fsp3) is 0.308. The van der Waals surface area contributed by atoms with E-state index in [1.165, 1.54) is 24.6 Å². The molecule has 18 heavy (non-hydrogen) atoms. The maximum absolute atomic E-state index is 13.7. The molecule has 3 rings (SSSR count). The van der Waals surface area contributed by atoms with Crippen molar-refractivity contribution in [2.24, 2.45) is 0 Å². The number of nitrogens with zero attached hydrogens (tertiary/aromatic N) is 1. The smallest absolute Gasteiger partial charge is 0.181 e. The molecule has 1 fully saturated rings. The van der Waals surface area contributed by atoms with Crippen molar-refractivity contribution in [1.82, 2.24) is 10.3 Å². The van der Waals surface area contributed by atoms with Crippen molar-refractivity contribution in [3.8, 4) is 11.3 Å². The fourth-order valence-corrected chi connectivity index (χ4v) is 1.84. The summed E-state index contributed by atoms with van der Waals surface area (Å²) >= 11 is 0. The van der Waals surface area contributed by atoms with E-state index in [9.17, 15) is 8.78 Å². The molecule has 0 unspecified atom stereocenters. The van der Waals surface area contributed by atoms with Crippen molar-refractivity contribution >= 4 is 0 Å². The summed E-state index contributed by atoms with van der Waals surface area (Å²) in [6, 6.07) is 4.24. The molecule has 2 aromatic rings. The van der Waals surface area contributed by atoms with E-state index in [1.807, 2.05) is 0 Å². The second-order valence-corrected chi connectivity index (χ2v) is 4.38. The number of rotatable bonds is 4. The predicted molar refractivity (Wildman–Crippen MR) is 61.7 cm³/mol. The van der Waals surface area contributed by atoms with Gasteiger partial charge in [0.2, 0.25) is 0 Å². The molecular formula is C13H12F2N2O. The van der Waals surface area contributed by atoms with Gasteiger partial charge >= 0.3 is 0 Å². The molecule has 1 aromatic heterocycles. The number of aromatic nitrogens is 1. The van der Waals surface area contributed by atoms with Gasteiger partial charge in [0.1, 0.15) is 17.3 Å². The molecular weight excluding hydrogens is 238 g/mol. The Labute approximate surface area is 103 Å². The lowest BCUT2D eigenvalue weighted by Gasteiger charge is -2.04. The van der Waals surface area contributed by atoms with Crippen LogP contribution in [0.25, 0.3) is 11.3 Å². The van der Waals surface area contributed by atoms with Gasteiger partial charge in [-0.05, 0) is 25.0 Å². The molecule has 1 aromatic carbocycles. The Balaban J connectivity index is 1.93. The minimum atomic E-state index is -0.639. The standard InChI is InChI=1S/C13H12F2N2O/c14-9-2-1-3-10(15)12(9)13-11(17-7-18-13)6-16-8-4-5-8/h1-3,7-8,16H,4-6H2. The van der Waals surface area contributed by atoms with Crippen LogP contribution in [0.3, 0.4) is 0 Å². The van der Waals surface area contributed by atoms with Crippen LogP contribution >= 0.6 is 0 Å². The minimum Gasteiger partial charge on any atom is -0.443 e. The van der Waals surface area contributed by atoms with Crippen molar-refractivity contribution in [2.45, 2.75) is 25.4 Å². The third kappa shape index (κ3) is 2.13. The Morgan fingerprint density at radius 1 is 1.28 bits per heavy atom. The molecule has 0 atom stereocenters. The molecule has 0 amide bonds. The van der Waals surface area contributed by atoms with Gasteiger partial charge in [0.05, 0.1) is 5.56 Å². The summed E-state index contributed by atoms with van der Waals surface area (Å²) in [4.78, 5) is 4.01. The maximum atomic E-state index is 13.7. The third-order valence-corrected chi connectivity index (χ3v) is 2.97. The zero-order chi connectivity index (χ0) is 12.5. The van der Waals surface area contributed by atoms with Crippen molar-refractivity contribution < 1.29 is 13.2 Å². The number of halogens is 2. The van der Waals surface area contributed by atoms with Crippen molar-refractivity contribution in [2.75, 3.05) is 0 Å². The molecule has 0 saturated heterocycles. The molecule has 1 aliphatic rings. The first-order valence-electron chi connectivity index (χ1n) is 5.86. The molecule has 1 heterocycles. The van der Waals surface area contributed by atoms with Crippen LogP contribution in [0.1, 0.15) is 18.5 Å². The molecule has 0 bridgehead atoms. The molecule has 1 saturated carbocycles. The van der Waals surface area contributed by atoms with Crippen molar-refractivity contribution in [1.29, 1.82) is 0 Å². The van der Waals surface area contributed by atoms with E-state index in [0.717, 1.165) is 12.8 Å². The topological polar surface area (TPSA) is 38.1 Å². The summed E-state index contributed by atoms with van der Waals surface area (Å²) in [6.07, 6.45) is 3.49. The van der Waals surface area contributed by atoms with Gasteiger partial charge in [0, 0.05) is 12.6 Å². The zero-order valence-corrected chi connectivity index (χ0v) is 9.62. The second kappa shape index (κ2) is 4.49. The molecule has 3 nitrogen and oxygen atoms in total. The van der Waals surface area contributed by atoms with E-state index < -0.39 is 11.6 Å². The monoisotopic (exact) mass is 250 g/mol. The first-order chi connectivity index (χ1) is 8.75. The highest BCUT2D eigenvalue weighted by molar-refractivity contribution is 5.61. The van der Waals surface area contributed by atoms with Gasteiger partial charge in [-0.1, -0.05) is 6.07 Å². The number of nitrogens with one attached hydrogen (secondary N) is 1. The van der Waals surface area contributed by atoms with Gasteiger partial charge in [0.15, 0.2) is 12.2 Å². The zero-order valence-electron chi connectivity index (χ0n) is 9.62. The molecule has 0 aliphatic heterocycles. The van der Waals surface area contributed by atoms with Crippen LogP contribution in [-0.4, -0.2) is 11.0 Å². The number of hydrogen-bond donors (Lipinski definition) is 1. The fourth-order valence-electron chi connectivity index (χ4n) is 1.84. The molecule has 1 aliphatic carbocycles. The van der Waals surface area contributed by atoms with Gasteiger partial charge in [-0.25, -0.2) is 13.8 Å².